The number of esters is 1. The van der Waals surface area contributed by atoms with Crippen LogP contribution >= 0.6 is 0 Å². The van der Waals surface area contributed by atoms with Crippen molar-refractivity contribution >= 4 is 28.3 Å². The number of aromatic hydroxyl groups is 1. The van der Waals surface area contributed by atoms with Gasteiger partial charge < -0.3 is 15.2 Å². The van der Waals surface area contributed by atoms with Gasteiger partial charge in [0.2, 0.25) is 0 Å². The van der Waals surface area contributed by atoms with Crippen molar-refractivity contribution in [3.63, 3.8) is 0 Å². The van der Waals surface area contributed by atoms with Crippen molar-refractivity contribution in [3.8, 4) is 16.9 Å². The summed E-state index contributed by atoms with van der Waals surface area (Å²) in [5, 5.41) is 19.1. The van der Waals surface area contributed by atoms with Crippen molar-refractivity contribution in [1.82, 2.24) is 19.9 Å². The van der Waals surface area contributed by atoms with Gasteiger partial charge in [-0.3, -0.25) is 9.59 Å². The molecule has 2 aromatic heterocycles. The van der Waals surface area contributed by atoms with Crippen molar-refractivity contribution in [1.29, 1.82) is 0 Å². The Bertz CT molecular complexity index is 1330. The molecule has 8 nitrogen and oxygen atoms in total. The smallest absolute Gasteiger partial charge is 0.325 e. The summed E-state index contributed by atoms with van der Waals surface area (Å²) in [5.74, 6) is -0.992. The van der Waals surface area contributed by atoms with Crippen LogP contribution in [0.1, 0.15) is 35.7 Å². The van der Waals surface area contributed by atoms with Crippen molar-refractivity contribution < 1.29 is 19.4 Å². The molecular formula is C24H24N4O4. The summed E-state index contributed by atoms with van der Waals surface area (Å²) < 4.78 is 6.18. The van der Waals surface area contributed by atoms with Gasteiger partial charge in [0.05, 0.1) is 6.61 Å². The van der Waals surface area contributed by atoms with Crippen LogP contribution in [0.5, 0.6) is 5.75 Å². The quantitative estimate of drug-likeness (QED) is 0.452. The second-order valence-corrected chi connectivity index (χ2v) is 7.36. The summed E-state index contributed by atoms with van der Waals surface area (Å²) in [6.45, 7) is 5.40. The van der Waals surface area contributed by atoms with E-state index in [1.165, 1.54) is 10.1 Å². The molecule has 0 fully saturated rings. The number of aryl methyl sites for hydroxylation is 2. The number of carbonyl (C=O) groups is 2. The van der Waals surface area contributed by atoms with Gasteiger partial charge in [0.1, 0.15) is 12.4 Å². The molecule has 0 unspecified atom stereocenters. The lowest BCUT2D eigenvalue weighted by Crippen LogP contribution is -2.32. The van der Waals surface area contributed by atoms with Gasteiger partial charge in [-0.05, 0) is 37.0 Å². The molecule has 2 heterocycles. The number of fused-ring (bicyclic) bond motifs is 3. The zero-order valence-electron chi connectivity index (χ0n) is 18.2. The number of amides is 1. The topological polar surface area (TPSA) is 106 Å². The Labute approximate surface area is 184 Å². The summed E-state index contributed by atoms with van der Waals surface area (Å²) >= 11 is 0. The molecule has 0 atom stereocenters. The Balaban J connectivity index is 1.90. The molecule has 0 spiro atoms. The van der Waals surface area contributed by atoms with Crippen LogP contribution in [-0.2, 0) is 16.0 Å². The fourth-order valence-electron chi connectivity index (χ4n) is 3.76. The first-order valence-electron chi connectivity index (χ1n) is 10.5. The van der Waals surface area contributed by atoms with Gasteiger partial charge in [0.15, 0.2) is 17.1 Å². The van der Waals surface area contributed by atoms with Gasteiger partial charge in [-0.1, -0.05) is 49.4 Å². The summed E-state index contributed by atoms with van der Waals surface area (Å²) in [5.41, 5.74) is 3.43. The molecule has 4 aromatic rings. The molecule has 0 saturated carbocycles. The van der Waals surface area contributed by atoms with Gasteiger partial charge in [0.25, 0.3) is 5.91 Å². The maximum Gasteiger partial charge on any atom is 0.325 e. The van der Waals surface area contributed by atoms with Crippen LogP contribution in [0.15, 0.2) is 42.5 Å². The van der Waals surface area contributed by atoms with E-state index in [9.17, 15) is 14.7 Å². The number of nitrogens with zero attached hydrogens (tertiary/aromatic N) is 3. The van der Waals surface area contributed by atoms with E-state index >= 15 is 0 Å². The van der Waals surface area contributed by atoms with E-state index in [4.69, 9.17) is 4.74 Å². The first-order valence-corrected chi connectivity index (χ1v) is 10.5. The maximum atomic E-state index is 12.9. The molecule has 164 valence electrons. The van der Waals surface area contributed by atoms with E-state index in [0.29, 0.717) is 22.2 Å². The molecule has 32 heavy (non-hydrogen) atoms. The summed E-state index contributed by atoms with van der Waals surface area (Å²) in [4.78, 5) is 29.1. The van der Waals surface area contributed by atoms with Gasteiger partial charge in [-0.25, -0.2) is 9.50 Å². The fraction of sp³-hybridized carbons (Fsp3) is 0.250. The lowest BCUT2D eigenvalue weighted by molar-refractivity contribution is -0.141. The molecule has 0 saturated heterocycles. The second kappa shape index (κ2) is 8.66. The van der Waals surface area contributed by atoms with Crippen LogP contribution in [0.25, 0.3) is 27.5 Å². The number of carbonyl (C=O) groups excluding carboxylic acids is 2. The number of nitrogens with one attached hydrogen (secondary N) is 1. The first-order chi connectivity index (χ1) is 15.4. The van der Waals surface area contributed by atoms with Crippen LogP contribution in [-0.4, -0.2) is 44.7 Å². The minimum absolute atomic E-state index is 0.0871. The molecule has 0 bridgehead atoms. The van der Waals surface area contributed by atoms with Crippen molar-refractivity contribution in [2.24, 2.45) is 0 Å². The van der Waals surface area contributed by atoms with E-state index in [0.717, 1.165) is 17.5 Å². The molecule has 8 heteroatoms. The first kappa shape index (κ1) is 21.3. The third-order valence-corrected chi connectivity index (χ3v) is 5.28. The molecular weight excluding hydrogens is 408 g/mol. The summed E-state index contributed by atoms with van der Waals surface area (Å²) in [7, 11) is 0. The fourth-order valence-corrected chi connectivity index (χ4v) is 3.76. The third-order valence-electron chi connectivity index (χ3n) is 5.28. The van der Waals surface area contributed by atoms with Crippen LogP contribution < -0.4 is 5.32 Å². The van der Waals surface area contributed by atoms with Crippen LogP contribution in [0.3, 0.4) is 0 Å². The Kier molecular flexibility index (Phi) is 5.77. The lowest BCUT2D eigenvalue weighted by Gasteiger charge is -2.14. The zero-order chi connectivity index (χ0) is 22.8. The Morgan fingerprint density at radius 2 is 1.88 bits per heavy atom. The van der Waals surface area contributed by atoms with Crippen molar-refractivity contribution in [2.75, 3.05) is 13.2 Å². The predicted octanol–water partition coefficient (Wildman–Crippen LogP) is 3.42. The van der Waals surface area contributed by atoms with Gasteiger partial charge in [-0.15, -0.1) is 0 Å². The molecule has 0 aliphatic heterocycles. The Morgan fingerprint density at radius 1 is 1.12 bits per heavy atom. The highest BCUT2D eigenvalue weighted by atomic mass is 16.5. The number of pyridine rings is 1. The zero-order valence-corrected chi connectivity index (χ0v) is 18.2. The molecule has 0 radical (unpaired) electrons. The van der Waals surface area contributed by atoms with Crippen LogP contribution in [0, 0.1) is 6.92 Å². The minimum Gasteiger partial charge on any atom is -0.505 e. The van der Waals surface area contributed by atoms with Gasteiger partial charge in [0, 0.05) is 10.8 Å². The minimum atomic E-state index is -0.648. The van der Waals surface area contributed by atoms with Crippen LogP contribution in [0.2, 0.25) is 0 Å². The molecule has 1 amide bonds. The second-order valence-electron chi connectivity index (χ2n) is 7.36. The highest BCUT2D eigenvalue weighted by molar-refractivity contribution is 6.12. The number of hydrogen-bond donors (Lipinski definition) is 2. The van der Waals surface area contributed by atoms with Gasteiger partial charge >= 0.3 is 5.97 Å². The lowest BCUT2D eigenvalue weighted by atomic mass is 9.97. The summed E-state index contributed by atoms with van der Waals surface area (Å²) in [6, 6.07) is 13.7. The van der Waals surface area contributed by atoms with E-state index in [1.807, 2.05) is 24.3 Å². The third kappa shape index (κ3) is 3.75. The van der Waals surface area contributed by atoms with E-state index in [-0.39, 0.29) is 24.6 Å². The number of hydrogen-bond acceptors (Lipinski definition) is 6. The average Bonchev–Trinajstić information content (AvgIpc) is 3.18. The Hall–Kier alpha value is -3.94. The van der Waals surface area contributed by atoms with E-state index < -0.39 is 11.9 Å². The van der Waals surface area contributed by atoms with Crippen molar-refractivity contribution in [2.45, 2.75) is 27.2 Å². The monoisotopic (exact) mass is 432 g/mol. The van der Waals surface area contributed by atoms with E-state index in [2.05, 4.69) is 34.5 Å². The standard InChI is InChI=1S/C24H24N4O4/c1-4-15-9-11-16(12-10-15)17-7-6-8-18-20(17)23-26-14(3)27-28(23)21(22(18)30)24(31)25-13-19(29)32-5-2/h6-12,30H,4-5,13H2,1-3H3,(H,25,31). The normalized spacial score (nSPS) is 11.1. The SMILES string of the molecule is CCOC(=O)CNC(=O)c1c(O)c2cccc(-c3ccc(CC)cc3)c2c2nc(C)nn12. The molecule has 2 N–H and O–H groups in total. The van der Waals surface area contributed by atoms with Crippen LogP contribution in [0.4, 0.5) is 0 Å². The highest BCUT2D eigenvalue weighted by Crippen LogP contribution is 2.37. The summed E-state index contributed by atoms with van der Waals surface area (Å²) in [6.07, 6.45) is 0.939. The molecule has 2 aromatic carbocycles. The maximum absolute atomic E-state index is 12.9. The van der Waals surface area contributed by atoms with Crippen molar-refractivity contribution in [3.05, 3.63) is 59.5 Å². The highest BCUT2D eigenvalue weighted by Gasteiger charge is 2.24. The number of rotatable bonds is 6. The average molecular weight is 432 g/mol. The van der Waals surface area contributed by atoms with E-state index in [1.54, 1.807) is 19.9 Å². The number of aromatic nitrogens is 3. The molecule has 0 aliphatic carbocycles. The molecule has 0 aliphatic rings. The largest absolute Gasteiger partial charge is 0.505 e. The Morgan fingerprint density at radius 3 is 2.56 bits per heavy atom. The van der Waals surface area contributed by atoms with Gasteiger partial charge in [-0.2, -0.15) is 5.10 Å². The number of benzene rings is 2. The molecule has 4 rings (SSSR count). The number of ether oxygens (including phenoxy) is 1. The predicted molar refractivity (Wildman–Crippen MR) is 121 cm³/mol.